The third kappa shape index (κ3) is 7.88. The number of aromatic nitrogens is 1. The lowest BCUT2D eigenvalue weighted by molar-refractivity contribution is -0.141. The summed E-state index contributed by atoms with van der Waals surface area (Å²) in [5, 5.41) is 6.13. The zero-order valence-electron chi connectivity index (χ0n) is 32.0. The van der Waals surface area contributed by atoms with E-state index in [0.29, 0.717) is 53.2 Å². The summed E-state index contributed by atoms with van der Waals surface area (Å²) in [6.07, 6.45) is 6.29. The van der Waals surface area contributed by atoms with Crippen LogP contribution in [0.3, 0.4) is 0 Å². The van der Waals surface area contributed by atoms with Crippen molar-refractivity contribution < 1.29 is 45.9 Å². The summed E-state index contributed by atoms with van der Waals surface area (Å²) in [4.78, 5) is 62.2. The number of amides is 4. The average molecular weight is 804 g/mol. The van der Waals surface area contributed by atoms with E-state index < -0.39 is 80.2 Å². The van der Waals surface area contributed by atoms with Gasteiger partial charge in [0.05, 0.1) is 17.3 Å². The van der Waals surface area contributed by atoms with E-state index in [0.717, 1.165) is 12.8 Å². The van der Waals surface area contributed by atoms with E-state index >= 15 is 0 Å². The normalized spacial score (nSPS) is 26.5. The number of allylic oxidation sites excluding steroid dienone is 1. The van der Waals surface area contributed by atoms with Crippen LogP contribution < -0.4 is 20.1 Å². The topological polar surface area (TPSA) is 186 Å². The molecule has 2 aromatic heterocycles. The quantitative estimate of drug-likeness (QED) is 0.210. The van der Waals surface area contributed by atoms with Gasteiger partial charge in [-0.2, -0.15) is 0 Å². The number of ether oxygens (including phenoxy) is 2. The van der Waals surface area contributed by atoms with Crippen molar-refractivity contribution in [3.8, 4) is 5.75 Å². The Labute approximate surface area is 328 Å². The maximum absolute atomic E-state index is 14.6. The molecular formula is C41H46FN5O9S. The fraction of sp³-hybridized carbons (Fsp3) is 0.488. The van der Waals surface area contributed by atoms with E-state index in [1.54, 1.807) is 39.0 Å². The Morgan fingerprint density at radius 1 is 1.05 bits per heavy atom. The summed E-state index contributed by atoms with van der Waals surface area (Å²) in [6, 6.07) is 9.17. The molecule has 5 atom stereocenters. The van der Waals surface area contributed by atoms with Gasteiger partial charge in [0.25, 0.3) is 5.91 Å². The van der Waals surface area contributed by atoms with Gasteiger partial charge in [0.1, 0.15) is 46.2 Å². The number of carbonyl (C=O) groups excluding carboxylic acids is 4. The van der Waals surface area contributed by atoms with Crippen LogP contribution in [-0.2, 0) is 29.1 Å². The molecule has 14 nitrogen and oxygen atoms in total. The monoisotopic (exact) mass is 803 g/mol. The van der Waals surface area contributed by atoms with Crippen molar-refractivity contribution in [1.82, 2.24) is 25.2 Å². The maximum Gasteiger partial charge on any atom is 0.408 e. The van der Waals surface area contributed by atoms with E-state index in [1.807, 2.05) is 24.3 Å². The van der Waals surface area contributed by atoms with Crippen molar-refractivity contribution in [2.45, 2.75) is 113 Å². The number of rotatable bonds is 6. The largest absolute Gasteiger partial charge is 0.484 e. The van der Waals surface area contributed by atoms with Gasteiger partial charge in [0, 0.05) is 29.2 Å². The first-order valence-corrected chi connectivity index (χ1v) is 21.1. The average Bonchev–Trinajstić information content (AvgIpc) is 4.04. The molecule has 4 aromatic rings. The lowest BCUT2D eigenvalue weighted by Crippen LogP contribution is -2.58. The summed E-state index contributed by atoms with van der Waals surface area (Å²) >= 11 is 0. The van der Waals surface area contributed by atoms with Gasteiger partial charge >= 0.3 is 6.09 Å². The van der Waals surface area contributed by atoms with Crippen LogP contribution in [0.2, 0.25) is 0 Å². The van der Waals surface area contributed by atoms with Crippen LogP contribution in [0.5, 0.6) is 5.75 Å². The molecule has 16 heteroatoms. The molecule has 2 aliphatic carbocycles. The highest BCUT2D eigenvalue weighted by atomic mass is 32.2. The minimum absolute atomic E-state index is 0.0255. The first-order chi connectivity index (χ1) is 27.1. The van der Waals surface area contributed by atoms with Gasteiger partial charge < -0.3 is 29.4 Å². The number of nitrogens with zero attached hydrogens (tertiary/aromatic N) is 2. The molecule has 57 heavy (non-hydrogen) atoms. The second-order valence-corrected chi connectivity index (χ2v) is 18.5. The van der Waals surface area contributed by atoms with Crippen LogP contribution in [-0.4, -0.2) is 83.2 Å². The predicted molar refractivity (Wildman–Crippen MR) is 208 cm³/mol. The Balaban J connectivity index is 1.15. The molecule has 0 radical (unpaired) electrons. The number of sulfonamides is 1. The Morgan fingerprint density at radius 3 is 2.61 bits per heavy atom. The van der Waals surface area contributed by atoms with Gasteiger partial charge in [-0.25, -0.2) is 22.6 Å². The molecule has 8 rings (SSSR count). The van der Waals surface area contributed by atoms with Crippen LogP contribution in [0.4, 0.5) is 9.18 Å². The molecule has 2 saturated carbocycles. The third-order valence-electron chi connectivity index (χ3n) is 11.0. The standard InChI is InChI=1S/C41H46FN5O9S/c1-40(2,3)56-39(51)44-30-14-8-6-4-5-7-11-23-21-41(23,38(50)46-57(52,53)26-16-17-26)45-36(48)31-20-25(22-47(31)37(30)49)54-34-27-12-9-10-13-29(27)43-33-28-18-15-24(42)19-32(28)55-35(33)34/h7,9-13,15,18-19,23,25-26,30-31H,4-6,8,14,16-17,20-22H2,1-3H3,(H,44,51)(H,45,48)(H,46,50)/b11-7-/t23-,25+,30-,31+,41-/m1/s1. The summed E-state index contributed by atoms with van der Waals surface area (Å²) in [5.74, 6) is -2.68. The Morgan fingerprint density at radius 2 is 1.84 bits per heavy atom. The number of hydrogen-bond donors (Lipinski definition) is 3. The van der Waals surface area contributed by atoms with Crippen molar-refractivity contribution in [1.29, 1.82) is 0 Å². The lowest BCUT2D eigenvalue weighted by Gasteiger charge is -2.30. The lowest BCUT2D eigenvalue weighted by atomic mass is 10.0. The molecule has 3 N–H and O–H groups in total. The number of fused-ring (bicyclic) bond motifs is 6. The number of alkyl carbamates (subject to hydrolysis) is 1. The van der Waals surface area contributed by atoms with Crippen molar-refractivity contribution in [3.05, 3.63) is 60.4 Å². The minimum Gasteiger partial charge on any atom is -0.484 e. The van der Waals surface area contributed by atoms with Gasteiger partial charge in [0.2, 0.25) is 21.8 Å². The van der Waals surface area contributed by atoms with Crippen LogP contribution in [0.15, 0.2) is 59.0 Å². The van der Waals surface area contributed by atoms with E-state index in [1.165, 1.54) is 17.0 Å². The number of halogens is 1. The van der Waals surface area contributed by atoms with Crippen LogP contribution in [0.25, 0.3) is 33.0 Å². The smallest absolute Gasteiger partial charge is 0.408 e. The first-order valence-electron chi connectivity index (χ1n) is 19.5. The molecule has 4 aliphatic rings. The van der Waals surface area contributed by atoms with Crippen molar-refractivity contribution in [2.75, 3.05) is 6.54 Å². The van der Waals surface area contributed by atoms with E-state index in [-0.39, 0.29) is 37.0 Å². The summed E-state index contributed by atoms with van der Waals surface area (Å²) in [7, 11) is -3.93. The number of pyridine rings is 1. The SMILES string of the molecule is CC(C)(C)OC(=O)N[C@@H]1CCCCC/C=C\[C@@H]2C[C@@]2(C(=O)NS(=O)(=O)C2CC2)NC(=O)[C@@H]2C[C@H](Oc3c4ccccc4nc4c3oc3cc(F)ccc34)CN2C1=O. The van der Waals surface area contributed by atoms with E-state index in [2.05, 4.69) is 15.4 Å². The highest BCUT2D eigenvalue weighted by Gasteiger charge is 2.62. The number of para-hydroxylation sites is 1. The number of carbonyl (C=O) groups is 4. The van der Waals surface area contributed by atoms with Gasteiger partial charge in [-0.15, -0.1) is 0 Å². The van der Waals surface area contributed by atoms with Crippen molar-refractivity contribution >= 4 is 66.8 Å². The van der Waals surface area contributed by atoms with Gasteiger partial charge in [-0.3, -0.25) is 19.1 Å². The first kappa shape index (κ1) is 38.6. The molecule has 2 aliphatic heterocycles. The zero-order valence-corrected chi connectivity index (χ0v) is 32.8. The molecule has 4 heterocycles. The Kier molecular flexibility index (Phi) is 9.89. The number of furan rings is 1. The Bertz CT molecular complexity index is 2420. The predicted octanol–water partition coefficient (Wildman–Crippen LogP) is 5.52. The van der Waals surface area contributed by atoms with Crippen molar-refractivity contribution in [3.63, 3.8) is 0 Å². The Hall–Kier alpha value is -5.25. The molecule has 3 fully saturated rings. The highest BCUT2D eigenvalue weighted by Crippen LogP contribution is 2.46. The minimum atomic E-state index is -3.93. The summed E-state index contributed by atoms with van der Waals surface area (Å²) in [5.41, 5.74) is -0.824. The fourth-order valence-electron chi connectivity index (χ4n) is 7.91. The highest BCUT2D eigenvalue weighted by molar-refractivity contribution is 7.91. The molecule has 0 bridgehead atoms. The van der Waals surface area contributed by atoms with E-state index in [4.69, 9.17) is 18.9 Å². The third-order valence-corrected chi connectivity index (χ3v) is 12.9. The molecule has 4 amide bonds. The van der Waals surface area contributed by atoms with Gasteiger partial charge in [0.15, 0.2) is 11.3 Å². The van der Waals surface area contributed by atoms with Crippen LogP contribution in [0.1, 0.15) is 78.6 Å². The fourth-order valence-corrected chi connectivity index (χ4v) is 9.27. The van der Waals surface area contributed by atoms with Gasteiger partial charge in [-0.1, -0.05) is 37.1 Å². The van der Waals surface area contributed by atoms with Crippen molar-refractivity contribution in [2.24, 2.45) is 5.92 Å². The second-order valence-electron chi connectivity index (χ2n) is 16.6. The second kappa shape index (κ2) is 14.6. The molecule has 302 valence electrons. The molecule has 1 saturated heterocycles. The van der Waals surface area contributed by atoms with E-state index in [9.17, 15) is 32.0 Å². The number of hydrogen-bond acceptors (Lipinski definition) is 10. The van der Waals surface area contributed by atoms with Crippen LogP contribution >= 0.6 is 0 Å². The molecule has 2 aromatic carbocycles. The zero-order chi connectivity index (χ0) is 40.3. The van der Waals surface area contributed by atoms with Gasteiger partial charge in [-0.05, 0) is 83.6 Å². The number of nitrogens with one attached hydrogen (secondary N) is 3. The molecule has 0 unspecified atom stereocenters. The maximum atomic E-state index is 14.6. The molecular weight excluding hydrogens is 758 g/mol. The summed E-state index contributed by atoms with van der Waals surface area (Å²) < 4.78 is 60.7. The molecule has 0 spiro atoms. The number of benzene rings is 2. The summed E-state index contributed by atoms with van der Waals surface area (Å²) in [6.45, 7) is 5.06. The van der Waals surface area contributed by atoms with Crippen LogP contribution in [0, 0.1) is 11.7 Å².